The average Bonchev–Trinajstić information content (AvgIpc) is 2.45. The maximum absolute atomic E-state index is 4.61. The lowest BCUT2D eigenvalue weighted by molar-refractivity contribution is 0.226. The minimum Gasteiger partial charge on any atom is -0.316 e. The molecule has 1 saturated carbocycles. The zero-order valence-electron chi connectivity index (χ0n) is 12.7. The number of aryl methyl sites for hydroxylation is 1. The van der Waals surface area contributed by atoms with Gasteiger partial charge in [-0.3, -0.25) is 4.98 Å². The molecule has 0 saturated heterocycles. The van der Waals surface area contributed by atoms with E-state index in [1.165, 1.54) is 36.9 Å². The number of pyridine rings is 1. The maximum atomic E-state index is 4.61. The van der Waals surface area contributed by atoms with E-state index in [2.05, 4.69) is 43.3 Å². The van der Waals surface area contributed by atoms with Crippen LogP contribution in [0.15, 0.2) is 18.3 Å². The van der Waals surface area contributed by atoms with Crippen LogP contribution in [-0.4, -0.2) is 18.1 Å². The van der Waals surface area contributed by atoms with E-state index in [-0.39, 0.29) is 0 Å². The minimum atomic E-state index is 0.586. The van der Waals surface area contributed by atoms with Crippen molar-refractivity contribution < 1.29 is 0 Å². The predicted octanol–water partition coefficient (Wildman–Crippen LogP) is 3.60. The van der Waals surface area contributed by atoms with Crippen molar-refractivity contribution in [2.75, 3.05) is 7.05 Å². The van der Waals surface area contributed by atoms with Crippen molar-refractivity contribution >= 4 is 0 Å². The summed E-state index contributed by atoms with van der Waals surface area (Å²) in [4.78, 5) is 4.61. The van der Waals surface area contributed by atoms with Gasteiger partial charge in [0.15, 0.2) is 0 Å². The second kappa shape index (κ2) is 7.04. The van der Waals surface area contributed by atoms with E-state index in [4.69, 9.17) is 0 Å². The molecule has 2 rings (SSSR count). The molecule has 3 unspecified atom stereocenters. The summed E-state index contributed by atoms with van der Waals surface area (Å²) in [5.74, 6) is 1.71. The van der Waals surface area contributed by atoms with Crippen molar-refractivity contribution in [2.45, 2.75) is 58.4 Å². The number of hydrogen-bond donors (Lipinski definition) is 1. The zero-order chi connectivity index (χ0) is 13.7. The lowest BCUT2D eigenvalue weighted by Crippen LogP contribution is -2.38. The van der Waals surface area contributed by atoms with Crippen LogP contribution in [0.1, 0.15) is 50.8 Å². The predicted molar refractivity (Wildman–Crippen MR) is 81.3 cm³/mol. The molecule has 1 aromatic heterocycles. The van der Waals surface area contributed by atoms with Crippen LogP contribution in [0.4, 0.5) is 0 Å². The summed E-state index contributed by atoms with van der Waals surface area (Å²) in [6.45, 7) is 4.57. The van der Waals surface area contributed by atoms with Gasteiger partial charge in [0.25, 0.3) is 0 Å². The molecule has 19 heavy (non-hydrogen) atoms. The van der Waals surface area contributed by atoms with Crippen LogP contribution >= 0.6 is 0 Å². The molecule has 106 valence electrons. The Morgan fingerprint density at radius 1 is 1.37 bits per heavy atom. The first kappa shape index (κ1) is 14.5. The second-order valence-corrected chi connectivity index (χ2v) is 6.14. The molecule has 1 aromatic rings. The van der Waals surface area contributed by atoms with Gasteiger partial charge in [0.2, 0.25) is 0 Å². The first-order chi connectivity index (χ1) is 9.22. The summed E-state index contributed by atoms with van der Waals surface area (Å²) in [6.07, 6.45) is 9.73. The number of nitrogens with one attached hydrogen (secondary N) is 1. The Morgan fingerprint density at radius 3 is 2.79 bits per heavy atom. The van der Waals surface area contributed by atoms with Crippen LogP contribution < -0.4 is 5.32 Å². The monoisotopic (exact) mass is 260 g/mol. The van der Waals surface area contributed by atoms with Gasteiger partial charge in [0.1, 0.15) is 0 Å². The largest absolute Gasteiger partial charge is 0.316 e. The van der Waals surface area contributed by atoms with Gasteiger partial charge in [-0.2, -0.15) is 0 Å². The molecular formula is C17H28N2. The highest BCUT2D eigenvalue weighted by Gasteiger charge is 2.26. The van der Waals surface area contributed by atoms with Gasteiger partial charge in [-0.05, 0) is 49.8 Å². The number of likely N-dealkylation sites (N-methyl/N-ethyl adjacent to an activating group) is 1. The van der Waals surface area contributed by atoms with Crippen LogP contribution in [0.5, 0.6) is 0 Å². The first-order valence-electron chi connectivity index (χ1n) is 7.84. The van der Waals surface area contributed by atoms with Crippen LogP contribution in [0.2, 0.25) is 0 Å². The molecule has 2 nitrogen and oxygen atoms in total. The van der Waals surface area contributed by atoms with E-state index in [0.717, 1.165) is 24.7 Å². The van der Waals surface area contributed by atoms with Gasteiger partial charge >= 0.3 is 0 Å². The number of nitrogens with zero attached hydrogens (tertiary/aromatic N) is 1. The molecule has 3 atom stereocenters. The summed E-state index contributed by atoms with van der Waals surface area (Å²) in [5, 5.41) is 3.53. The summed E-state index contributed by atoms with van der Waals surface area (Å²) in [5.41, 5.74) is 2.56. The van der Waals surface area contributed by atoms with Gasteiger partial charge < -0.3 is 5.32 Å². The molecule has 2 heteroatoms. The Labute approximate surface area is 118 Å². The Hall–Kier alpha value is -0.890. The van der Waals surface area contributed by atoms with Gasteiger partial charge in [0.05, 0.1) is 0 Å². The van der Waals surface area contributed by atoms with E-state index in [0.29, 0.717) is 6.04 Å². The highest BCUT2D eigenvalue weighted by atomic mass is 14.9. The van der Waals surface area contributed by atoms with Crippen LogP contribution in [0.3, 0.4) is 0 Å². The molecule has 0 bridgehead atoms. The SMILES string of the molecule is CCc1ccc(CC(NC)C2CCCC(C)C2)nc1. The van der Waals surface area contributed by atoms with Crippen molar-refractivity contribution in [2.24, 2.45) is 11.8 Å². The van der Waals surface area contributed by atoms with Gasteiger partial charge in [-0.15, -0.1) is 0 Å². The van der Waals surface area contributed by atoms with Gasteiger partial charge in [0, 0.05) is 24.4 Å². The average molecular weight is 260 g/mol. The third-order valence-corrected chi connectivity index (χ3v) is 4.64. The van der Waals surface area contributed by atoms with Crippen molar-refractivity contribution in [3.05, 3.63) is 29.6 Å². The Morgan fingerprint density at radius 2 is 2.21 bits per heavy atom. The molecule has 1 aliphatic rings. The van der Waals surface area contributed by atoms with Crippen LogP contribution in [-0.2, 0) is 12.8 Å². The zero-order valence-corrected chi connectivity index (χ0v) is 12.7. The van der Waals surface area contributed by atoms with Crippen LogP contribution in [0.25, 0.3) is 0 Å². The molecule has 1 N–H and O–H groups in total. The lowest BCUT2D eigenvalue weighted by Gasteiger charge is -2.33. The van der Waals surface area contributed by atoms with Crippen molar-refractivity contribution in [1.29, 1.82) is 0 Å². The molecule has 0 radical (unpaired) electrons. The molecule has 0 aromatic carbocycles. The topological polar surface area (TPSA) is 24.9 Å². The smallest absolute Gasteiger partial charge is 0.0419 e. The van der Waals surface area contributed by atoms with E-state index in [1.807, 2.05) is 6.20 Å². The first-order valence-corrected chi connectivity index (χ1v) is 7.84. The molecule has 1 aliphatic carbocycles. The third-order valence-electron chi connectivity index (χ3n) is 4.64. The molecule has 1 fully saturated rings. The van der Waals surface area contributed by atoms with Crippen molar-refractivity contribution in [3.8, 4) is 0 Å². The Balaban J connectivity index is 1.97. The second-order valence-electron chi connectivity index (χ2n) is 6.14. The molecule has 1 heterocycles. The van der Waals surface area contributed by atoms with E-state index in [1.54, 1.807) is 0 Å². The number of aromatic nitrogens is 1. The van der Waals surface area contributed by atoms with E-state index in [9.17, 15) is 0 Å². The molecule has 0 aliphatic heterocycles. The summed E-state index contributed by atoms with van der Waals surface area (Å²) >= 11 is 0. The fraction of sp³-hybridized carbons (Fsp3) is 0.706. The summed E-state index contributed by atoms with van der Waals surface area (Å²) < 4.78 is 0. The fourth-order valence-electron chi connectivity index (χ4n) is 3.36. The highest BCUT2D eigenvalue weighted by molar-refractivity contribution is 5.14. The quantitative estimate of drug-likeness (QED) is 0.875. The Bertz CT molecular complexity index is 371. The van der Waals surface area contributed by atoms with Crippen molar-refractivity contribution in [3.63, 3.8) is 0 Å². The third kappa shape index (κ3) is 4.04. The maximum Gasteiger partial charge on any atom is 0.0419 e. The van der Waals surface area contributed by atoms with Crippen molar-refractivity contribution in [1.82, 2.24) is 10.3 Å². The van der Waals surface area contributed by atoms with Gasteiger partial charge in [-0.1, -0.05) is 32.8 Å². The van der Waals surface area contributed by atoms with Gasteiger partial charge in [-0.25, -0.2) is 0 Å². The molecule has 0 amide bonds. The van der Waals surface area contributed by atoms with E-state index < -0.39 is 0 Å². The van der Waals surface area contributed by atoms with E-state index >= 15 is 0 Å². The summed E-state index contributed by atoms with van der Waals surface area (Å²) in [6, 6.07) is 5.01. The normalized spacial score (nSPS) is 25.2. The fourth-order valence-corrected chi connectivity index (χ4v) is 3.36. The summed E-state index contributed by atoms with van der Waals surface area (Å²) in [7, 11) is 2.10. The Kier molecular flexibility index (Phi) is 5.38. The van der Waals surface area contributed by atoms with Crippen LogP contribution in [0, 0.1) is 11.8 Å². The highest BCUT2D eigenvalue weighted by Crippen LogP contribution is 2.31. The number of rotatable bonds is 5. The standard InChI is InChI=1S/C17H28N2/c1-4-14-8-9-16(19-12-14)11-17(18-3)15-7-5-6-13(2)10-15/h8-9,12-13,15,17-18H,4-7,10-11H2,1-3H3. The number of hydrogen-bond acceptors (Lipinski definition) is 2. The lowest BCUT2D eigenvalue weighted by atomic mass is 9.77. The molecular weight excluding hydrogens is 232 g/mol. The molecule has 0 spiro atoms. The minimum absolute atomic E-state index is 0.586.